The molecule has 0 unspecified atom stereocenters. The van der Waals surface area contributed by atoms with Crippen molar-refractivity contribution in [3.8, 4) is 0 Å². The van der Waals surface area contributed by atoms with Crippen molar-refractivity contribution >= 4 is 0 Å². The van der Waals surface area contributed by atoms with Gasteiger partial charge in [0.15, 0.2) is 0 Å². The summed E-state index contributed by atoms with van der Waals surface area (Å²) in [4.78, 5) is 0. The molecule has 0 rings (SSSR count). The van der Waals surface area contributed by atoms with E-state index in [2.05, 4.69) is 18.2 Å². The van der Waals surface area contributed by atoms with Crippen molar-refractivity contribution in [1.82, 2.24) is 0 Å². The highest BCUT2D eigenvalue weighted by Crippen LogP contribution is 1.89. The molecule has 0 heterocycles. The fraction of sp³-hybridized carbons (Fsp3) is 0.750. The monoisotopic (exact) mass is 160 g/mol. The lowest BCUT2D eigenvalue weighted by atomic mass is 10.4. The van der Waals surface area contributed by atoms with Crippen molar-refractivity contribution in [1.29, 1.82) is 0 Å². The second-order valence-electron chi connectivity index (χ2n) is 2.21. The molecule has 0 saturated heterocycles. The highest BCUT2D eigenvalue weighted by molar-refractivity contribution is 4.61. The van der Waals surface area contributed by atoms with Crippen LogP contribution in [0.3, 0.4) is 0 Å². The zero-order valence-corrected chi connectivity index (χ0v) is 7.01. The predicted octanol–water partition coefficient (Wildman–Crippen LogP) is 1.85. The summed E-state index contributed by atoms with van der Waals surface area (Å²) in [6.07, 6.45) is 2.20. The molecule has 3 heteroatoms. The van der Waals surface area contributed by atoms with Gasteiger partial charge in [-0.2, -0.15) is 0 Å². The summed E-state index contributed by atoms with van der Waals surface area (Å²) in [5.41, 5.74) is 0. The van der Waals surface area contributed by atoms with Gasteiger partial charge in [0.25, 0.3) is 5.95 Å². The van der Waals surface area contributed by atoms with Gasteiger partial charge in [-0.15, -0.1) is 0 Å². The van der Waals surface area contributed by atoms with Crippen LogP contribution >= 0.6 is 0 Å². The van der Waals surface area contributed by atoms with Crippen LogP contribution in [0, 0.1) is 0 Å². The minimum atomic E-state index is -0.246. The third-order valence-corrected chi connectivity index (χ3v) is 1.14. The Balaban J connectivity index is 2.85. The fourth-order valence-electron chi connectivity index (χ4n) is 0.567. The van der Waals surface area contributed by atoms with Gasteiger partial charge in [-0.3, -0.25) is 0 Å². The van der Waals surface area contributed by atoms with E-state index in [-0.39, 0.29) is 5.95 Å². The standard InChI is InChI=1S/C8H16O3/c1-3-4-5-10-6-7-11-8(2)9/h9H,2-7H2,1H3. The van der Waals surface area contributed by atoms with E-state index < -0.39 is 0 Å². The van der Waals surface area contributed by atoms with E-state index in [1.54, 1.807) is 0 Å². The van der Waals surface area contributed by atoms with Gasteiger partial charge in [-0.05, 0) is 13.0 Å². The molecule has 1 N–H and O–H groups in total. The topological polar surface area (TPSA) is 38.7 Å². The molecule has 0 bridgehead atoms. The summed E-state index contributed by atoms with van der Waals surface area (Å²) >= 11 is 0. The molecule has 0 atom stereocenters. The van der Waals surface area contributed by atoms with Gasteiger partial charge in [0.1, 0.15) is 6.61 Å². The first-order valence-corrected chi connectivity index (χ1v) is 3.85. The summed E-state index contributed by atoms with van der Waals surface area (Å²) < 4.78 is 9.81. The molecule has 0 aliphatic heterocycles. The molecule has 11 heavy (non-hydrogen) atoms. The number of aliphatic hydroxyl groups is 1. The maximum Gasteiger partial charge on any atom is 0.269 e. The molecule has 0 spiro atoms. The van der Waals surface area contributed by atoms with Crippen molar-refractivity contribution < 1.29 is 14.6 Å². The fourth-order valence-corrected chi connectivity index (χ4v) is 0.567. The van der Waals surface area contributed by atoms with Gasteiger partial charge in [0.05, 0.1) is 6.61 Å². The van der Waals surface area contributed by atoms with Crippen LogP contribution in [0.5, 0.6) is 0 Å². The Labute approximate surface area is 67.6 Å². The molecule has 0 amide bonds. The molecule has 0 aliphatic carbocycles. The highest BCUT2D eigenvalue weighted by atomic mass is 16.6. The van der Waals surface area contributed by atoms with Gasteiger partial charge in [0, 0.05) is 6.61 Å². The first-order chi connectivity index (χ1) is 5.27. The maximum atomic E-state index is 8.48. The minimum Gasteiger partial charge on any atom is -0.481 e. The van der Waals surface area contributed by atoms with Gasteiger partial charge >= 0.3 is 0 Å². The molecular weight excluding hydrogens is 144 g/mol. The number of unbranched alkanes of at least 4 members (excludes halogenated alkanes) is 1. The minimum absolute atomic E-state index is 0.246. The molecule has 0 saturated carbocycles. The van der Waals surface area contributed by atoms with Crippen LogP contribution in [-0.2, 0) is 9.47 Å². The summed E-state index contributed by atoms with van der Waals surface area (Å²) in [5, 5.41) is 8.48. The largest absolute Gasteiger partial charge is 0.481 e. The molecular formula is C8H16O3. The van der Waals surface area contributed by atoms with Crippen LogP contribution in [-0.4, -0.2) is 24.9 Å². The SMILES string of the molecule is C=C(O)OCCOCCCC. The Hall–Kier alpha value is -0.700. The third kappa shape index (κ3) is 9.30. The van der Waals surface area contributed by atoms with E-state index in [4.69, 9.17) is 9.84 Å². The lowest BCUT2D eigenvalue weighted by Gasteiger charge is -2.03. The summed E-state index contributed by atoms with van der Waals surface area (Å²) in [6.45, 7) is 6.92. The van der Waals surface area contributed by atoms with E-state index in [0.717, 1.165) is 19.4 Å². The summed E-state index contributed by atoms with van der Waals surface area (Å²) in [6, 6.07) is 0. The first-order valence-electron chi connectivity index (χ1n) is 3.85. The zero-order chi connectivity index (χ0) is 8.53. The highest BCUT2D eigenvalue weighted by Gasteiger charge is 1.89. The third-order valence-electron chi connectivity index (χ3n) is 1.14. The molecule has 0 fully saturated rings. The number of hydrogen-bond acceptors (Lipinski definition) is 3. The van der Waals surface area contributed by atoms with Crippen LogP contribution in [0.2, 0.25) is 0 Å². The first kappa shape index (κ1) is 10.3. The summed E-state index contributed by atoms with van der Waals surface area (Å²) in [7, 11) is 0. The van der Waals surface area contributed by atoms with E-state index in [1.807, 2.05) is 0 Å². The number of hydrogen-bond donors (Lipinski definition) is 1. The Morgan fingerprint density at radius 1 is 1.36 bits per heavy atom. The van der Waals surface area contributed by atoms with Crippen LogP contribution in [0.25, 0.3) is 0 Å². The number of rotatable bonds is 7. The Bertz CT molecular complexity index is 102. The van der Waals surface area contributed by atoms with Crippen LogP contribution < -0.4 is 0 Å². The quantitative estimate of drug-likeness (QED) is 0.456. The van der Waals surface area contributed by atoms with Gasteiger partial charge in [-0.25, -0.2) is 0 Å². The molecule has 0 aromatic rings. The van der Waals surface area contributed by atoms with E-state index >= 15 is 0 Å². The van der Waals surface area contributed by atoms with Crippen molar-refractivity contribution in [3.05, 3.63) is 12.5 Å². The zero-order valence-electron chi connectivity index (χ0n) is 7.01. The summed E-state index contributed by atoms with van der Waals surface area (Å²) in [5.74, 6) is -0.246. The molecule has 0 aliphatic rings. The Kier molecular flexibility index (Phi) is 6.94. The van der Waals surface area contributed by atoms with Crippen molar-refractivity contribution in [2.75, 3.05) is 19.8 Å². The van der Waals surface area contributed by atoms with Crippen molar-refractivity contribution in [2.45, 2.75) is 19.8 Å². The van der Waals surface area contributed by atoms with Gasteiger partial charge in [0.2, 0.25) is 0 Å². The second kappa shape index (κ2) is 7.41. The van der Waals surface area contributed by atoms with Gasteiger partial charge in [-0.1, -0.05) is 13.3 Å². The molecule has 0 aromatic carbocycles. The van der Waals surface area contributed by atoms with Crippen molar-refractivity contribution in [2.24, 2.45) is 0 Å². The predicted molar refractivity (Wildman–Crippen MR) is 43.4 cm³/mol. The maximum absolute atomic E-state index is 8.48. The average Bonchev–Trinajstić information content (AvgIpc) is 1.96. The molecule has 0 aromatic heterocycles. The Morgan fingerprint density at radius 3 is 2.64 bits per heavy atom. The molecule has 3 nitrogen and oxygen atoms in total. The van der Waals surface area contributed by atoms with Crippen LogP contribution in [0.1, 0.15) is 19.8 Å². The normalized spacial score (nSPS) is 9.55. The lowest BCUT2D eigenvalue weighted by Crippen LogP contribution is -2.04. The van der Waals surface area contributed by atoms with E-state index in [0.29, 0.717) is 13.2 Å². The molecule has 0 radical (unpaired) electrons. The van der Waals surface area contributed by atoms with Crippen LogP contribution in [0.4, 0.5) is 0 Å². The smallest absolute Gasteiger partial charge is 0.269 e. The van der Waals surface area contributed by atoms with E-state index in [9.17, 15) is 0 Å². The second-order valence-corrected chi connectivity index (χ2v) is 2.21. The van der Waals surface area contributed by atoms with Crippen LogP contribution in [0.15, 0.2) is 12.5 Å². The average molecular weight is 160 g/mol. The van der Waals surface area contributed by atoms with Gasteiger partial charge < -0.3 is 14.6 Å². The van der Waals surface area contributed by atoms with E-state index in [1.165, 1.54) is 0 Å². The number of ether oxygens (including phenoxy) is 2. The number of aliphatic hydroxyl groups excluding tert-OH is 1. The molecule has 66 valence electrons. The lowest BCUT2D eigenvalue weighted by molar-refractivity contribution is 0.0353. The van der Waals surface area contributed by atoms with Crippen molar-refractivity contribution in [3.63, 3.8) is 0 Å². The Morgan fingerprint density at radius 2 is 2.09 bits per heavy atom.